The molecule has 4 heteroatoms. The van der Waals surface area contributed by atoms with Crippen LogP contribution in [0.15, 0.2) is 53.3 Å². The second-order valence-corrected chi connectivity index (χ2v) is 4.66. The summed E-state index contributed by atoms with van der Waals surface area (Å²) in [6.07, 6.45) is 0. The van der Waals surface area contributed by atoms with Crippen LogP contribution < -0.4 is 5.56 Å². The van der Waals surface area contributed by atoms with E-state index in [0.29, 0.717) is 22.0 Å². The van der Waals surface area contributed by atoms with Crippen LogP contribution in [0.25, 0.3) is 27.5 Å². The van der Waals surface area contributed by atoms with Gasteiger partial charge in [-0.2, -0.15) is 5.26 Å². The summed E-state index contributed by atoms with van der Waals surface area (Å²) < 4.78 is 1.58. The van der Waals surface area contributed by atoms with Gasteiger partial charge in [0.2, 0.25) is 0 Å². The van der Waals surface area contributed by atoms with Gasteiger partial charge in [-0.3, -0.25) is 9.20 Å². The Kier molecular flexibility index (Phi) is 2.01. The number of imidazole rings is 1. The molecular formula is C16H9N3O. The molecule has 0 saturated heterocycles. The number of H-pyrrole nitrogens is 1. The number of hydrogen-bond donors (Lipinski definition) is 1. The van der Waals surface area contributed by atoms with E-state index in [0.717, 1.165) is 11.0 Å². The van der Waals surface area contributed by atoms with Crippen LogP contribution >= 0.6 is 0 Å². The maximum absolute atomic E-state index is 12.7. The third-order valence-corrected chi connectivity index (χ3v) is 3.60. The number of benzene rings is 2. The van der Waals surface area contributed by atoms with Crippen LogP contribution in [0.5, 0.6) is 0 Å². The highest BCUT2D eigenvalue weighted by Gasteiger charge is 2.14. The van der Waals surface area contributed by atoms with Crippen molar-refractivity contribution in [2.75, 3.05) is 0 Å². The Morgan fingerprint density at radius 2 is 1.70 bits per heavy atom. The van der Waals surface area contributed by atoms with Crippen LogP contribution in [0.3, 0.4) is 0 Å². The van der Waals surface area contributed by atoms with E-state index in [9.17, 15) is 10.1 Å². The molecule has 0 aliphatic carbocycles. The van der Waals surface area contributed by atoms with Gasteiger partial charge in [0.25, 0.3) is 5.56 Å². The standard InChI is InChI=1S/C16H9N3O/c17-9-12-10-5-1-2-6-11(10)16(20)19-14-8-4-3-7-13(14)18-15(12)19/h1-8,18H. The van der Waals surface area contributed by atoms with E-state index < -0.39 is 0 Å². The first-order valence-corrected chi connectivity index (χ1v) is 6.25. The Labute approximate surface area is 113 Å². The second kappa shape index (κ2) is 3.72. The maximum atomic E-state index is 12.7. The molecule has 0 saturated carbocycles. The van der Waals surface area contributed by atoms with Crippen LogP contribution in [0.2, 0.25) is 0 Å². The SMILES string of the molecule is N#Cc1c2ccccc2c(=O)n2c1[nH]c1ccccc12. The average molecular weight is 259 g/mol. The molecule has 4 aromatic rings. The summed E-state index contributed by atoms with van der Waals surface area (Å²) >= 11 is 0. The van der Waals surface area contributed by atoms with E-state index >= 15 is 0 Å². The fourth-order valence-electron chi connectivity index (χ4n) is 2.71. The average Bonchev–Trinajstić information content (AvgIpc) is 2.87. The van der Waals surface area contributed by atoms with E-state index in [1.54, 1.807) is 16.5 Å². The largest absolute Gasteiger partial charge is 0.338 e. The van der Waals surface area contributed by atoms with Gasteiger partial charge in [0.15, 0.2) is 0 Å². The Bertz CT molecular complexity index is 1080. The van der Waals surface area contributed by atoms with E-state index in [4.69, 9.17) is 0 Å². The lowest BCUT2D eigenvalue weighted by Crippen LogP contribution is -2.13. The zero-order valence-electron chi connectivity index (χ0n) is 10.4. The number of rotatable bonds is 0. The van der Waals surface area contributed by atoms with E-state index in [2.05, 4.69) is 11.1 Å². The molecule has 0 fully saturated rings. The summed E-state index contributed by atoms with van der Waals surface area (Å²) in [6, 6.07) is 17.0. The molecule has 2 aromatic carbocycles. The molecule has 0 amide bonds. The molecule has 2 heterocycles. The van der Waals surface area contributed by atoms with Crippen molar-refractivity contribution in [2.45, 2.75) is 0 Å². The summed E-state index contributed by atoms with van der Waals surface area (Å²) in [5.41, 5.74) is 2.58. The third kappa shape index (κ3) is 1.21. The number of aromatic amines is 1. The number of nitrogens with one attached hydrogen (secondary N) is 1. The van der Waals surface area contributed by atoms with Gasteiger partial charge in [0.05, 0.1) is 11.0 Å². The third-order valence-electron chi connectivity index (χ3n) is 3.60. The van der Waals surface area contributed by atoms with Gasteiger partial charge in [-0.15, -0.1) is 0 Å². The van der Waals surface area contributed by atoms with Crippen LogP contribution in [0, 0.1) is 11.3 Å². The maximum Gasteiger partial charge on any atom is 0.264 e. The van der Waals surface area contributed by atoms with Gasteiger partial charge < -0.3 is 4.98 Å². The van der Waals surface area contributed by atoms with Gasteiger partial charge in [-0.1, -0.05) is 30.3 Å². The van der Waals surface area contributed by atoms with Crippen LogP contribution in [-0.2, 0) is 0 Å². The van der Waals surface area contributed by atoms with Gasteiger partial charge in [0, 0.05) is 10.8 Å². The van der Waals surface area contributed by atoms with Crippen LogP contribution in [0.4, 0.5) is 0 Å². The first kappa shape index (κ1) is 10.8. The molecule has 0 radical (unpaired) electrons. The van der Waals surface area contributed by atoms with E-state index in [1.165, 1.54) is 0 Å². The molecule has 20 heavy (non-hydrogen) atoms. The smallest absolute Gasteiger partial charge is 0.264 e. The van der Waals surface area contributed by atoms with E-state index in [-0.39, 0.29) is 5.56 Å². The monoisotopic (exact) mass is 259 g/mol. The predicted octanol–water partition coefficient (Wildman–Crippen LogP) is 2.81. The molecule has 4 rings (SSSR count). The molecule has 0 unspecified atom stereocenters. The minimum absolute atomic E-state index is 0.105. The topological polar surface area (TPSA) is 61.1 Å². The molecule has 2 aromatic heterocycles. The molecule has 4 nitrogen and oxygen atoms in total. The molecule has 0 atom stereocenters. The van der Waals surface area contributed by atoms with Crippen molar-refractivity contribution in [3.8, 4) is 6.07 Å². The Hall–Kier alpha value is -3.06. The van der Waals surface area contributed by atoms with Crippen molar-refractivity contribution in [1.29, 1.82) is 5.26 Å². The lowest BCUT2D eigenvalue weighted by Gasteiger charge is -2.02. The highest BCUT2D eigenvalue weighted by Crippen LogP contribution is 2.23. The van der Waals surface area contributed by atoms with Crippen molar-refractivity contribution in [1.82, 2.24) is 9.38 Å². The number of hydrogen-bond acceptors (Lipinski definition) is 2. The van der Waals surface area contributed by atoms with Crippen molar-refractivity contribution >= 4 is 27.5 Å². The lowest BCUT2D eigenvalue weighted by atomic mass is 10.1. The van der Waals surface area contributed by atoms with Gasteiger partial charge in [-0.25, -0.2) is 0 Å². The van der Waals surface area contributed by atoms with Crippen molar-refractivity contribution < 1.29 is 0 Å². The van der Waals surface area contributed by atoms with Crippen LogP contribution in [-0.4, -0.2) is 9.38 Å². The van der Waals surface area contributed by atoms with Gasteiger partial charge >= 0.3 is 0 Å². The van der Waals surface area contributed by atoms with Gasteiger partial charge in [0.1, 0.15) is 17.3 Å². The number of nitriles is 1. The number of aromatic nitrogens is 2. The second-order valence-electron chi connectivity index (χ2n) is 4.66. The highest BCUT2D eigenvalue weighted by molar-refractivity contribution is 5.95. The Morgan fingerprint density at radius 1 is 1.00 bits per heavy atom. The van der Waals surface area contributed by atoms with Gasteiger partial charge in [-0.05, 0) is 18.2 Å². The van der Waals surface area contributed by atoms with Crippen molar-refractivity contribution in [2.24, 2.45) is 0 Å². The number of pyridine rings is 1. The number of nitrogens with zero attached hydrogens (tertiary/aromatic N) is 2. The first-order chi connectivity index (χ1) is 9.81. The zero-order chi connectivity index (χ0) is 13.7. The number of para-hydroxylation sites is 2. The Morgan fingerprint density at radius 3 is 2.50 bits per heavy atom. The fraction of sp³-hybridized carbons (Fsp3) is 0. The lowest BCUT2D eigenvalue weighted by molar-refractivity contribution is 1.17. The molecular weight excluding hydrogens is 250 g/mol. The first-order valence-electron chi connectivity index (χ1n) is 6.25. The molecule has 94 valence electrons. The van der Waals surface area contributed by atoms with E-state index in [1.807, 2.05) is 36.4 Å². The predicted molar refractivity (Wildman–Crippen MR) is 77.7 cm³/mol. The molecule has 0 aliphatic rings. The quantitative estimate of drug-likeness (QED) is 0.528. The summed E-state index contributed by atoms with van der Waals surface area (Å²) in [6.45, 7) is 0. The number of fused-ring (bicyclic) bond motifs is 4. The van der Waals surface area contributed by atoms with Crippen molar-refractivity contribution in [3.63, 3.8) is 0 Å². The molecule has 0 spiro atoms. The van der Waals surface area contributed by atoms with Crippen molar-refractivity contribution in [3.05, 3.63) is 64.4 Å². The normalized spacial score (nSPS) is 11.2. The molecule has 0 aliphatic heterocycles. The molecule has 0 bridgehead atoms. The molecule has 1 N–H and O–H groups in total. The Balaban J connectivity index is 2.45. The summed E-state index contributed by atoms with van der Waals surface area (Å²) in [5.74, 6) is 0. The summed E-state index contributed by atoms with van der Waals surface area (Å²) in [4.78, 5) is 15.8. The zero-order valence-corrected chi connectivity index (χ0v) is 10.4. The minimum atomic E-state index is -0.105. The fourth-order valence-corrected chi connectivity index (χ4v) is 2.71. The summed E-state index contributed by atoms with van der Waals surface area (Å²) in [5, 5.41) is 10.7. The summed E-state index contributed by atoms with van der Waals surface area (Å²) in [7, 11) is 0. The minimum Gasteiger partial charge on any atom is -0.338 e. The van der Waals surface area contributed by atoms with Crippen LogP contribution in [0.1, 0.15) is 5.56 Å². The highest BCUT2D eigenvalue weighted by atomic mass is 16.1.